The van der Waals surface area contributed by atoms with E-state index >= 15 is 0 Å². The van der Waals surface area contributed by atoms with Gasteiger partial charge in [0.05, 0.1) is 23.8 Å². The second-order valence-electron chi connectivity index (χ2n) is 11.0. The monoisotopic (exact) mass is 632 g/mol. The van der Waals surface area contributed by atoms with Crippen LogP contribution in [-0.4, -0.2) is 56.4 Å². The topological polar surface area (TPSA) is 175 Å². The first-order valence-electron chi connectivity index (χ1n) is 14.9. The molecular weight excluding hydrogens is 596 g/mol. The van der Waals surface area contributed by atoms with Gasteiger partial charge in [-0.3, -0.25) is 10.2 Å². The van der Waals surface area contributed by atoms with E-state index in [1.807, 2.05) is 0 Å². The van der Waals surface area contributed by atoms with E-state index in [4.69, 9.17) is 25.1 Å². The normalized spacial score (nSPS) is 19.2. The Bertz CT molecular complexity index is 1660. The molecule has 3 aromatic rings. The first-order valence-corrected chi connectivity index (χ1v) is 16.5. The molecule has 3 aromatic carbocycles. The maximum absolute atomic E-state index is 14.2. The van der Waals surface area contributed by atoms with E-state index in [0.29, 0.717) is 47.9 Å². The van der Waals surface area contributed by atoms with Gasteiger partial charge in [-0.25, -0.2) is 18.8 Å². The Kier molecular flexibility index (Phi) is 10.4. The third kappa shape index (κ3) is 7.81. The van der Waals surface area contributed by atoms with Crippen LogP contribution in [0.15, 0.2) is 93.9 Å². The third-order valence-electron chi connectivity index (χ3n) is 7.82. The van der Waals surface area contributed by atoms with Crippen LogP contribution in [0.1, 0.15) is 48.5 Å². The van der Waals surface area contributed by atoms with Gasteiger partial charge in [0.1, 0.15) is 5.75 Å². The molecule has 1 saturated carbocycles. The lowest BCUT2D eigenvalue weighted by Crippen LogP contribution is -2.53. The highest BCUT2D eigenvalue weighted by molar-refractivity contribution is 7.91. The fourth-order valence-electron chi connectivity index (χ4n) is 5.13. The van der Waals surface area contributed by atoms with Gasteiger partial charge >= 0.3 is 0 Å². The predicted molar refractivity (Wildman–Crippen MR) is 168 cm³/mol. The zero-order chi connectivity index (χ0) is 31.7. The predicted octanol–water partition coefficient (Wildman–Crippen LogP) is 4.41. The number of rotatable bonds is 16. The Balaban J connectivity index is 1.56. The number of hydrogen-bond donors (Lipinski definition) is 3. The first-order chi connectivity index (χ1) is 21.9. The van der Waals surface area contributed by atoms with Gasteiger partial charge in [-0.15, -0.1) is 0 Å². The molecule has 1 aliphatic heterocycles. The second-order valence-corrected chi connectivity index (χ2v) is 13.1. The van der Waals surface area contributed by atoms with Crippen LogP contribution in [0.3, 0.4) is 0 Å². The fraction of sp³-hybridized carbons (Fsp3) is 0.375. The molecule has 13 heteroatoms. The van der Waals surface area contributed by atoms with Crippen molar-refractivity contribution in [2.45, 2.75) is 48.8 Å². The van der Waals surface area contributed by atoms with Crippen molar-refractivity contribution < 1.29 is 27.8 Å². The summed E-state index contributed by atoms with van der Waals surface area (Å²) in [5.41, 5.74) is 14.9. The van der Waals surface area contributed by atoms with E-state index in [1.165, 1.54) is 12.1 Å². The van der Waals surface area contributed by atoms with Crippen molar-refractivity contribution in [3.63, 3.8) is 0 Å². The van der Waals surface area contributed by atoms with Gasteiger partial charge in [-0.2, -0.15) is 0 Å². The maximum atomic E-state index is 14.2. The zero-order valence-electron chi connectivity index (χ0n) is 24.7. The average Bonchev–Trinajstić information content (AvgIpc) is 3.81. The summed E-state index contributed by atoms with van der Waals surface area (Å²) in [6.45, 7) is 0.953. The quantitative estimate of drug-likeness (QED) is 0.0689. The Labute approximate surface area is 262 Å². The summed E-state index contributed by atoms with van der Waals surface area (Å²) in [6, 6.07) is 22.2. The number of benzene rings is 3. The van der Waals surface area contributed by atoms with Crippen LogP contribution in [-0.2, 0) is 25.9 Å². The Morgan fingerprint density at radius 3 is 2.53 bits per heavy atom. The number of nitrogens with zero attached hydrogens (tertiary/aromatic N) is 4. The molecule has 2 aliphatic rings. The van der Waals surface area contributed by atoms with Crippen LogP contribution in [0.2, 0.25) is 0 Å². The first kappa shape index (κ1) is 32.0. The number of nitrogens with one attached hydrogen (secondary N) is 2. The molecule has 1 amide bonds. The minimum Gasteiger partial charge on any atom is -0.494 e. The van der Waals surface area contributed by atoms with Crippen molar-refractivity contribution >= 4 is 21.6 Å². The van der Waals surface area contributed by atoms with Gasteiger partial charge in [-0.05, 0) is 71.8 Å². The minimum absolute atomic E-state index is 0.00167. The standard InChI is InChI=1S/C32H36N6O6S/c33-38-35-22-25-7-4-5-10-28(25)29-32(31(40)37-34-21-23-11-12-23,17-20-45(41,42)27-8-2-1-3-9-27)36-30(44-29)24-13-15-26(16-14-24)43-19-6-18-39/h1-5,7-10,13-16,23,29,34,39H,6,11-12,17-22H2,(H,37,40)/t29-,32-/m0/s1. The summed E-state index contributed by atoms with van der Waals surface area (Å²) in [7, 11) is -3.80. The van der Waals surface area contributed by atoms with Crippen LogP contribution in [0.25, 0.3) is 10.4 Å². The van der Waals surface area contributed by atoms with Crippen LogP contribution in [0.4, 0.5) is 0 Å². The smallest absolute Gasteiger partial charge is 0.266 e. The summed E-state index contributed by atoms with van der Waals surface area (Å²) in [6.07, 6.45) is 1.42. The molecule has 0 unspecified atom stereocenters. The maximum Gasteiger partial charge on any atom is 0.266 e. The molecule has 236 valence electrons. The van der Waals surface area contributed by atoms with E-state index in [0.717, 1.165) is 12.8 Å². The van der Waals surface area contributed by atoms with Gasteiger partial charge < -0.3 is 14.6 Å². The Morgan fingerprint density at radius 1 is 1.09 bits per heavy atom. The number of hydrazine groups is 1. The number of sulfone groups is 1. The molecule has 0 radical (unpaired) electrons. The number of aliphatic hydroxyl groups excluding tert-OH is 1. The zero-order valence-corrected chi connectivity index (χ0v) is 25.5. The van der Waals surface area contributed by atoms with E-state index in [-0.39, 0.29) is 36.1 Å². The molecule has 2 atom stereocenters. The second kappa shape index (κ2) is 14.6. The van der Waals surface area contributed by atoms with Crippen molar-refractivity contribution in [2.75, 3.05) is 25.5 Å². The van der Waals surface area contributed by atoms with Crippen LogP contribution in [0, 0.1) is 5.92 Å². The van der Waals surface area contributed by atoms with Crippen LogP contribution < -0.4 is 15.6 Å². The molecule has 1 fully saturated rings. The van der Waals surface area contributed by atoms with Crippen molar-refractivity contribution in [1.29, 1.82) is 0 Å². The van der Waals surface area contributed by atoms with Crippen molar-refractivity contribution in [3.05, 3.63) is 106 Å². The number of hydrogen-bond acceptors (Lipinski definition) is 9. The van der Waals surface area contributed by atoms with Crippen LogP contribution >= 0.6 is 0 Å². The molecule has 0 saturated heterocycles. The summed E-state index contributed by atoms with van der Waals surface area (Å²) in [5.74, 6) is 0.310. The summed E-state index contributed by atoms with van der Waals surface area (Å²) in [5, 5.41) is 12.8. The fourth-order valence-corrected chi connectivity index (χ4v) is 6.52. The molecular formula is C32H36N6O6S. The molecule has 1 heterocycles. The van der Waals surface area contributed by atoms with Gasteiger partial charge in [0.25, 0.3) is 5.91 Å². The number of carbonyl (C=O) groups excluding carboxylic acids is 1. The number of ether oxygens (including phenoxy) is 2. The van der Waals surface area contributed by atoms with Gasteiger partial charge in [0.15, 0.2) is 21.5 Å². The van der Waals surface area contributed by atoms with Crippen LogP contribution in [0.5, 0.6) is 5.75 Å². The van der Waals surface area contributed by atoms with Gasteiger partial charge in [-0.1, -0.05) is 47.6 Å². The van der Waals surface area contributed by atoms with E-state index in [9.17, 15) is 13.2 Å². The molecule has 0 spiro atoms. The lowest BCUT2D eigenvalue weighted by atomic mass is 9.83. The van der Waals surface area contributed by atoms with Gasteiger partial charge in [0.2, 0.25) is 5.90 Å². The molecule has 1 aliphatic carbocycles. The molecule has 0 bridgehead atoms. The van der Waals surface area contributed by atoms with E-state index < -0.39 is 27.4 Å². The molecule has 12 nitrogen and oxygen atoms in total. The van der Waals surface area contributed by atoms with Crippen molar-refractivity contribution in [1.82, 2.24) is 10.9 Å². The number of carbonyl (C=O) groups is 1. The highest BCUT2D eigenvalue weighted by Crippen LogP contribution is 2.44. The highest BCUT2D eigenvalue weighted by Gasteiger charge is 2.54. The number of aliphatic hydroxyl groups is 1. The van der Waals surface area contributed by atoms with Gasteiger partial charge in [0, 0.05) is 36.5 Å². The lowest BCUT2D eigenvalue weighted by Gasteiger charge is -2.31. The highest BCUT2D eigenvalue weighted by atomic mass is 32.2. The largest absolute Gasteiger partial charge is 0.494 e. The number of aliphatic imine (C=N–C) groups is 1. The molecule has 3 N–H and O–H groups in total. The van der Waals surface area contributed by atoms with E-state index in [2.05, 4.69) is 20.9 Å². The summed E-state index contributed by atoms with van der Waals surface area (Å²) >= 11 is 0. The third-order valence-corrected chi connectivity index (χ3v) is 9.55. The van der Waals surface area contributed by atoms with E-state index in [1.54, 1.807) is 66.7 Å². The number of azide groups is 1. The summed E-state index contributed by atoms with van der Waals surface area (Å²) in [4.78, 5) is 22.2. The van der Waals surface area contributed by atoms with Crippen molar-refractivity contribution in [2.24, 2.45) is 16.0 Å². The summed E-state index contributed by atoms with van der Waals surface area (Å²) < 4.78 is 39.1. The Hall–Kier alpha value is -4.42. The molecule has 5 rings (SSSR count). The van der Waals surface area contributed by atoms with Crippen molar-refractivity contribution in [3.8, 4) is 5.75 Å². The molecule has 45 heavy (non-hydrogen) atoms. The number of amides is 1. The lowest BCUT2D eigenvalue weighted by molar-refractivity contribution is -0.130. The average molecular weight is 633 g/mol. The SMILES string of the molecule is [N-]=[N+]=NCc1ccccc1[C@@H]1OC(c2ccc(OCCCO)cc2)=N[C@]1(CCS(=O)(=O)c1ccccc1)C(=O)NNCC1CC1. The minimum atomic E-state index is -3.80. The Morgan fingerprint density at radius 2 is 1.82 bits per heavy atom. The molecule has 0 aromatic heterocycles.